The number of nitrogens with zero attached hydrogens (tertiary/aromatic N) is 1. The van der Waals surface area contributed by atoms with Gasteiger partial charge < -0.3 is 25.4 Å². The van der Waals surface area contributed by atoms with Crippen molar-refractivity contribution in [1.82, 2.24) is 10.3 Å². The molecule has 2 aromatic rings. The van der Waals surface area contributed by atoms with Crippen LogP contribution >= 0.6 is 0 Å². The van der Waals surface area contributed by atoms with Gasteiger partial charge in [0.2, 0.25) is 0 Å². The molecule has 7 nitrogen and oxygen atoms in total. The van der Waals surface area contributed by atoms with Gasteiger partial charge >= 0.3 is 0 Å². The third-order valence-corrected chi connectivity index (χ3v) is 10.5. The van der Waals surface area contributed by atoms with Gasteiger partial charge in [0, 0.05) is 48.0 Å². The van der Waals surface area contributed by atoms with Crippen molar-refractivity contribution in [3.8, 4) is 0 Å². The molecule has 1 aromatic carbocycles. The van der Waals surface area contributed by atoms with Gasteiger partial charge in [-0.3, -0.25) is 9.78 Å². The summed E-state index contributed by atoms with van der Waals surface area (Å²) in [6.07, 6.45) is 8.63. The van der Waals surface area contributed by atoms with Gasteiger partial charge in [0.25, 0.3) is 0 Å². The number of ether oxygens (including phenoxy) is 1. The molecule has 2 bridgehead atoms. The summed E-state index contributed by atoms with van der Waals surface area (Å²) in [4.78, 5) is 18.1. The fraction of sp³-hybridized carbons (Fsp3) is 0.533. The zero-order valence-electron chi connectivity index (χ0n) is 21.3. The quantitative estimate of drug-likeness (QED) is 0.510. The first kappa shape index (κ1) is 23.7. The van der Waals surface area contributed by atoms with E-state index in [1.807, 2.05) is 44.3 Å². The molecule has 7 rings (SSSR count). The molecule has 37 heavy (non-hydrogen) atoms. The van der Waals surface area contributed by atoms with E-state index in [2.05, 4.69) is 16.4 Å². The van der Waals surface area contributed by atoms with Gasteiger partial charge in [0.05, 0.1) is 17.3 Å². The number of fused-ring (bicyclic) bond motifs is 2. The third kappa shape index (κ3) is 2.79. The van der Waals surface area contributed by atoms with Crippen LogP contribution in [0.3, 0.4) is 0 Å². The lowest BCUT2D eigenvalue weighted by molar-refractivity contribution is -0.181. The van der Waals surface area contributed by atoms with E-state index in [0.29, 0.717) is 24.9 Å². The number of Topliss-reactive ketones (excluding diaryl/α,β-unsaturated/α-hetero) is 1. The summed E-state index contributed by atoms with van der Waals surface area (Å²) < 4.78 is 7.09. The summed E-state index contributed by atoms with van der Waals surface area (Å²) >= 11 is 0. The van der Waals surface area contributed by atoms with Crippen molar-refractivity contribution >= 4 is 16.6 Å². The van der Waals surface area contributed by atoms with Crippen LogP contribution < -0.4 is 5.32 Å². The molecule has 3 aliphatic carbocycles. The predicted octanol–water partition coefficient (Wildman–Crippen LogP) is 2.54. The monoisotopic (exact) mass is 502 g/mol. The van der Waals surface area contributed by atoms with Crippen molar-refractivity contribution in [1.29, 1.82) is 0 Å². The van der Waals surface area contributed by atoms with E-state index in [9.17, 15) is 20.1 Å². The van der Waals surface area contributed by atoms with Crippen LogP contribution in [0.4, 0.5) is 0 Å². The number of aliphatic hydroxyl groups excluding tert-OH is 2. The molecule has 4 N–H and O–H groups in total. The third-order valence-electron chi connectivity index (χ3n) is 10.5. The summed E-state index contributed by atoms with van der Waals surface area (Å²) in [5.74, 6) is -0.508. The Morgan fingerprint density at radius 2 is 2.03 bits per heavy atom. The second-order valence-corrected chi connectivity index (χ2v) is 12.2. The topological polar surface area (TPSA) is 112 Å². The minimum absolute atomic E-state index is 0.138. The zero-order chi connectivity index (χ0) is 25.8. The summed E-state index contributed by atoms with van der Waals surface area (Å²) in [5, 5.41) is 39.3. The van der Waals surface area contributed by atoms with E-state index >= 15 is 0 Å². The van der Waals surface area contributed by atoms with Crippen molar-refractivity contribution in [2.24, 2.45) is 17.3 Å². The molecule has 194 valence electrons. The van der Waals surface area contributed by atoms with E-state index in [4.69, 9.17) is 4.74 Å². The highest BCUT2D eigenvalue weighted by Crippen LogP contribution is 2.69. The molecule has 8 atom stereocenters. The summed E-state index contributed by atoms with van der Waals surface area (Å²) in [5.41, 5.74) is -1.39. The first-order valence-electron chi connectivity index (χ1n) is 13.4. The maximum atomic E-state index is 13.8. The predicted molar refractivity (Wildman–Crippen MR) is 137 cm³/mol. The number of rotatable bonds is 3. The molecular weight excluding hydrogens is 468 g/mol. The highest BCUT2D eigenvalue weighted by Gasteiger charge is 2.73. The molecule has 2 spiro atoms. The minimum Gasteiger partial charge on any atom is -0.390 e. The smallest absolute Gasteiger partial charge is 0.169 e. The van der Waals surface area contributed by atoms with Gasteiger partial charge in [-0.05, 0) is 67.0 Å². The van der Waals surface area contributed by atoms with Crippen LogP contribution in [0.25, 0.3) is 10.8 Å². The Morgan fingerprint density at radius 3 is 2.84 bits per heavy atom. The molecule has 1 saturated heterocycles. The van der Waals surface area contributed by atoms with Gasteiger partial charge in [0.15, 0.2) is 11.4 Å². The number of benzene rings is 1. The fourth-order valence-corrected chi connectivity index (χ4v) is 8.62. The zero-order valence-corrected chi connectivity index (χ0v) is 21.3. The number of hydrogen-bond donors (Lipinski definition) is 4. The van der Waals surface area contributed by atoms with E-state index < -0.39 is 34.4 Å². The Bertz CT molecular complexity index is 1390. The largest absolute Gasteiger partial charge is 0.390 e. The Kier molecular flexibility index (Phi) is 4.85. The molecule has 0 unspecified atom stereocenters. The van der Waals surface area contributed by atoms with Crippen LogP contribution in [-0.2, 0) is 15.1 Å². The number of hydrogen-bond acceptors (Lipinski definition) is 7. The average molecular weight is 503 g/mol. The number of ketones is 1. The molecule has 2 aliphatic heterocycles. The Labute approximate surface area is 216 Å². The van der Waals surface area contributed by atoms with Gasteiger partial charge in [0.1, 0.15) is 6.10 Å². The number of carbonyl (C=O) groups is 1. The summed E-state index contributed by atoms with van der Waals surface area (Å²) in [6, 6.07) is 7.65. The molecular formula is C30H34N2O5. The van der Waals surface area contributed by atoms with Gasteiger partial charge in [-0.2, -0.15) is 0 Å². The van der Waals surface area contributed by atoms with E-state index in [1.165, 1.54) is 0 Å². The standard InChI is InChI=1S/C30H34N2O5/c1-27-7-5-20-12-22-26(35)25(34)19(15-31-2)14-28(22)8-9-29(20,37-28)23(27)13-24(33)30(27,36)21-4-3-17-6-10-32-16-18(17)11-21/h3-6,10-12,16,19,23,25-26,31,34-36H,7-9,13-15H2,1-2H3/t19-,23-,25-,26-,27+,28-,29-,30-/m1/s1. The lowest BCUT2D eigenvalue weighted by atomic mass is 9.56. The van der Waals surface area contributed by atoms with Crippen LogP contribution in [0, 0.1) is 17.3 Å². The number of nitrogens with one attached hydrogen (secondary N) is 1. The maximum Gasteiger partial charge on any atom is 0.169 e. The average Bonchev–Trinajstić information content (AvgIpc) is 3.32. The van der Waals surface area contributed by atoms with E-state index in [-0.39, 0.29) is 24.0 Å². The molecule has 5 aliphatic rings. The van der Waals surface area contributed by atoms with Crippen molar-refractivity contribution in [2.45, 2.75) is 68.0 Å². The number of allylic oxidation sites excluding steroid dienone is 1. The molecule has 7 heteroatoms. The lowest BCUT2D eigenvalue weighted by Gasteiger charge is -2.56. The number of aliphatic hydroxyl groups is 3. The highest BCUT2D eigenvalue weighted by atomic mass is 16.5. The highest BCUT2D eigenvalue weighted by molar-refractivity contribution is 5.94. The number of pyridine rings is 1. The Morgan fingerprint density at radius 1 is 1.19 bits per heavy atom. The molecule has 3 fully saturated rings. The van der Waals surface area contributed by atoms with Crippen LogP contribution in [0.1, 0.15) is 44.6 Å². The van der Waals surface area contributed by atoms with Gasteiger partial charge in [-0.15, -0.1) is 0 Å². The van der Waals surface area contributed by atoms with Crippen LogP contribution in [-0.4, -0.2) is 63.1 Å². The SMILES string of the molecule is CNC[C@H]1C[C@@]23CC[C@@]4(O2)C(=CC[C@@]2(C)[C@H]4CC(=O)[C@]2(O)c2ccc4ccncc4c2)C=C3[C@@H](O)[C@@H]1O. The first-order valence-corrected chi connectivity index (χ1v) is 13.4. The first-order chi connectivity index (χ1) is 17.7. The van der Waals surface area contributed by atoms with Crippen molar-refractivity contribution < 1.29 is 24.9 Å². The van der Waals surface area contributed by atoms with Crippen molar-refractivity contribution in [3.63, 3.8) is 0 Å². The number of aromatic nitrogens is 1. The maximum absolute atomic E-state index is 13.8. The second-order valence-electron chi connectivity index (χ2n) is 12.2. The Hall–Kier alpha value is -2.42. The van der Waals surface area contributed by atoms with Crippen LogP contribution in [0.2, 0.25) is 0 Å². The Balaban J connectivity index is 1.34. The molecule has 2 saturated carbocycles. The van der Waals surface area contributed by atoms with Crippen LogP contribution in [0.5, 0.6) is 0 Å². The normalized spacial score (nSPS) is 44.2. The molecule has 0 amide bonds. The van der Waals surface area contributed by atoms with Crippen LogP contribution in [0.15, 0.2) is 60.0 Å². The van der Waals surface area contributed by atoms with E-state index in [0.717, 1.165) is 34.8 Å². The van der Waals surface area contributed by atoms with E-state index in [1.54, 1.807) is 12.4 Å². The van der Waals surface area contributed by atoms with Gasteiger partial charge in [-0.25, -0.2) is 0 Å². The fourth-order valence-electron chi connectivity index (χ4n) is 8.62. The van der Waals surface area contributed by atoms with Crippen molar-refractivity contribution in [2.75, 3.05) is 13.6 Å². The summed E-state index contributed by atoms with van der Waals surface area (Å²) in [6.45, 7) is 2.62. The van der Waals surface area contributed by atoms with Crippen molar-refractivity contribution in [3.05, 3.63) is 65.5 Å². The minimum atomic E-state index is -1.64. The molecule has 3 heterocycles. The molecule has 1 aromatic heterocycles. The second kappa shape index (κ2) is 7.58. The lowest BCUT2D eigenvalue weighted by Crippen LogP contribution is -2.60. The summed E-state index contributed by atoms with van der Waals surface area (Å²) in [7, 11) is 1.85. The molecule has 0 radical (unpaired) electrons. The van der Waals surface area contributed by atoms with Gasteiger partial charge in [-0.1, -0.05) is 31.2 Å². The number of carbonyl (C=O) groups excluding carboxylic acids is 1.